The molecular weight excluding hydrogens is 386 g/mol. The third kappa shape index (κ3) is 4.73. The highest BCUT2D eigenvalue weighted by molar-refractivity contribution is 7.89. The van der Waals surface area contributed by atoms with Crippen molar-refractivity contribution in [2.75, 3.05) is 50.6 Å². The molecule has 8 heteroatoms. The van der Waals surface area contributed by atoms with Crippen molar-refractivity contribution in [1.29, 1.82) is 0 Å². The fraction of sp³-hybridized carbons (Fsp3) is 0.368. The van der Waals surface area contributed by atoms with Crippen molar-refractivity contribution in [2.24, 2.45) is 0 Å². The number of halogens is 1. The van der Waals surface area contributed by atoms with E-state index in [1.165, 1.54) is 18.4 Å². The van der Waals surface area contributed by atoms with Crippen LogP contribution in [0.4, 0.5) is 11.4 Å². The van der Waals surface area contributed by atoms with Gasteiger partial charge in [0.25, 0.3) is 0 Å². The average molecular weight is 410 g/mol. The zero-order valence-corrected chi connectivity index (χ0v) is 17.1. The van der Waals surface area contributed by atoms with Gasteiger partial charge >= 0.3 is 0 Å². The molecular formula is C19H24ClN3O3S. The number of hydrogen-bond donors (Lipinski definition) is 1. The topological polar surface area (TPSA) is 61.9 Å². The zero-order valence-electron chi connectivity index (χ0n) is 15.5. The van der Waals surface area contributed by atoms with Crippen LogP contribution in [-0.2, 0) is 21.3 Å². The molecule has 0 unspecified atom stereocenters. The summed E-state index contributed by atoms with van der Waals surface area (Å²) >= 11 is 6.19. The number of anilines is 2. The molecule has 6 nitrogen and oxygen atoms in total. The molecule has 0 amide bonds. The molecule has 1 aliphatic rings. The van der Waals surface area contributed by atoms with Gasteiger partial charge in [-0.15, -0.1) is 0 Å². The van der Waals surface area contributed by atoms with Crippen LogP contribution in [0.3, 0.4) is 0 Å². The SMILES string of the molecule is CN(C)S(=O)(=O)c1cccc(CNc2cc(Cl)ccc2N2CCOCC2)c1. The number of hydrogen-bond acceptors (Lipinski definition) is 5. The first-order valence-electron chi connectivity index (χ1n) is 8.75. The smallest absolute Gasteiger partial charge is 0.242 e. The third-order valence-electron chi connectivity index (χ3n) is 4.47. The first-order valence-corrected chi connectivity index (χ1v) is 10.6. The van der Waals surface area contributed by atoms with E-state index in [0.717, 1.165) is 30.0 Å². The van der Waals surface area contributed by atoms with Gasteiger partial charge in [0.05, 0.1) is 29.5 Å². The molecule has 0 aromatic heterocycles. The maximum Gasteiger partial charge on any atom is 0.242 e. The van der Waals surface area contributed by atoms with Gasteiger partial charge in [-0.2, -0.15) is 0 Å². The number of nitrogens with one attached hydrogen (secondary N) is 1. The zero-order chi connectivity index (χ0) is 19.4. The second kappa shape index (κ2) is 8.48. The second-order valence-corrected chi connectivity index (χ2v) is 9.14. The van der Waals surface area contributed by atoms with Gasteiger partial charge < -0.3 is 15.0 Å². The minimum Gasteiger partial charge on any atom is -0.379 e. The molecule has 2 aromatic rings. The Morgan fingerprint density at radius 1 is 1.15 bits per heavy atom. The van der Waals surface area contributed by atoms with Gasteiger partial charge in [-0.3, -0.25) is 0 Å². The molecule has 2 aromatic carbocycles. The molecule has 0 bridgehead atoms. The maximum atomic E-state index is 12.3. The van der Waals surface area contributed by atoms with Gasteiger partial charge in [0, 0.05) is 38.8 Å². The highest BCUT2D eigenvalue weighted by Crippen LogP contribution is 2.30. The number of sulfonamides is 1. The van der Waals surface area contributed by atoms with E-state index in [0.29, 0.717) is 24.8 Å². The van der Waals surface area contributed by atoms with Gasteiger partial charge in [-0.1, -0.05) is 23.7 Å². The van der Waals surface area contributed by atoms with E-state index in [2.05, 4.69) is 10.2 Å². The Hall–Kier alpha value is -1.80. The predicted octanol–water partition coefficient (Wildman–Crippen LogP) is 3.04. The molecule has 1 fully saturated rings. The highest BCUT2D eigenvalue weighted by Gasteiger charge is 2.18. The van der Waals surface area contributed by atoms with Gasteiger partial charge in [0.15, 0.2) is 0 Å². The summed E-state index contributed by atoms with van der Waals surface area (Å²) in [4.78, 5) is 2.54. The van der Waals surface area contributed by atoms with Crippen molar-refractivity contribution >= 4 is 33.0 Å². The molecule has 3 rings (SSSR count). The quantitative estimate of drug-likeness (QED) is 0.794. The molecule has 0 atom stereocenters. The van der Waals surface area contributed by atoms with Crippen LogP contribution in [0.15, 0.2) is 47.4 Å². The summed E-state index contributed by atoms with van der Waals surface area (Å²) in [5.74, 6) is 0. The largest absolute Gasteiger partial charge is 0.379 e. The monoisotopic (exact) mass is 409 g/mol. The summed E-state index contributed by atoms with van der Waals surface area (Å²) in [6, 6.07) is 12.7. The lowest BCUT2D eigenvalue weighted by Crippen LogP contribution is -2.36. The summed E-state index contributed by atoms with van der Waals surface area (Å²) in [6.07, 6.45) is 0. The third-order valence-corrected chi connectivity index (χ3v) is 6.52. The summed E-state index contributed by atoms with van der Waals surface area (Å²) in [5, 5.41) is 4.05. The van der Waals surface area contributed by atoms with Gasteiger partial charge in [0.1, 0.15) is 0 Å². The Morgan fingerprint density at radius 2 is 1.89 bits per heavy atom. The first-order chi connectivity index (χ1) is 12.9. The molecule has 1 saturated heterocycles. The Bertz CT molecular complexity index is 897. The van der Waals surface area contributed by atoms with Crippen LogP contribution in [0.25, 0.3) is 0 Å². The van der Waals surface area contributed by atoms with Gasteiger partial charge in [0.2, 0.25) is 10.0 Å². The van der Waals surface area contributed by atoms with Gasteiger partial charge in [-0.05, 0) is 35.9 Å². The normalized spacial score (nSPS) is 15.2. The Kier molecular flexibility index (Phi) is 6.26. The van der Waals surface area contributed by atoms with Crippen LogP contribution in [0, 0.1) is 0 Å². The first kappa shape index (κ1) is 19.9. The van der Waals surface area contributed by atoms with Crippen molar-refractivity contribution < 1.29 is 13.2 Å². The van der Waals surface area contributed by atoms with Crippen molar-refractivity contribution in [1.82, 2.24) is 4.31 Å². The maximum absolute atomic E-state index is 12.3. The van der Waals surface area contributed by atoms with E-state index < -0.39 is 10.0 Å². The van der Waals surface area contributed by atoms with Crippen molar-refractivity contribution in [3.05, 3.63) is 53.1 Å². The van der Waals surface area contributed by atoms with Crippen LogP contribution in [0.2, 0.25) is 5.02 Å². The van der Waals surface area contributed by atoms with Crippen LogP contribution in [-0.4, -0.2) is 53.1 Å². The summed E-state index contributed by atoms with van der Waals surface area (Å²) in [5.41, 5.74) is 2.87. The standard InChI is InChI=1S/C19H24ClN3O3S/c1-22(2)27(24,25)17-5-3-4-15(12-17)14-21-18-13-16(20)6-7-19(18)23-8-10-26-11-9-23/h3-7,12-13,21H,8-11,14H2,1-2H3. The second-order valence-electron chi connectivity index (χ2n) is 6.55. The van der Waals surface area contributed by atoms with Crippen LogP contribution in [0.5, 0.6) is 0 Å². The van der Waals surface area contributed by atoms with E-state index >= 15 is 0 Å². The molecule has 0 saturated carbocycles. The number of morpholine rings is 1. The molecule has 0 radical (unpaired) electrons. The number of ether oxygens (including phenoxy) is 1. The molecule has 0 spiro atoms. The summed E-state index contributed by atoms with van der Waals surface area (Å²) in [6.45, 7) is 3.55. The Labute approximate surface area is 165 Å². The molecule has 146 valence electrons. The van der Waals surface area contributed by atoms with Crippen LogP contribution >= 0.6 is 11.6 Å². The lowest BCUT2D eigenvalue weighted by Gasteiger charge is -2.30. The average Bonchev–Trinajstić information content (AvgIpc) is 2.67. The summed E-state index contributed by atoms with van der Waals surface area (Å²) in [7, 11) is -0.395. The lowest BCUT2D eigenvalue weighted by atomic mass is 10.2. The lowest BCUT2D eigenvalue weighted by molar-refractivity contribution is 0.123. The molecule has 0 aliphatic carbocycles. The van der Waals surface area contributed by atoms with Crippen LogP contribution in [0.1, 0.15) is 5.56 Å². The Morgan fingerprint density at radius 3 is 2.59 bits per heavy atom. The molecule has 1 heterocycles. The van der Waals surface area contributed by atoms with Crippen LogP contribution < -0.4 is 10.2 Å². The number of nitrogens with zero attached hydrogens (tertiary/aromatic N) is 2. The van der Waals surface area contributed by atoms with Crippen molar-refractivity contribution in [3.8, 4) is 0 Å². The minimum atomic E-state index is -3.45. The summed E-state index contributed by atoms with van der Waals surface area (Å²) < 4.78 is 31.3. The number of rotatable bonds is 6. The van der Waals surface area contributed by atoms with E-state index in [4.69, 9.17) is 16.3 Å². The molecule has 27 heavy (non-hydrogen) atoms. The van der Waals surface area contributed by atoms with Crippen molar-refractivity contribution in [3.63, 3.8) is 0 Å². The fourth-order valence-corrected chi connectivity index (χ4v) is 4.10. The molecule has 1 N–H and O–H groups in total. The minimum absolute atomic E-state index is 0.284. The highest BCUT2D eigenvalue weighted by atomic mass is 35.5. The van der Waals surface area contributed by atoms with E-state index in [1.807, 2.05) is 24.3 Å². The molecule has 1 aliphatic heterocycles. The fourth-order valence-electron chi connectivity index (χ4n) is 2.95. The number of benzene rings is 2. The Balaban J connectivity index is 1.80. The van der Waals surface area contributed by atoms with E-state index in [9.17, 15) is 8.42 Å². The van der Waals surface area contributed by atoms with E-state index in [1.54, 1.807) is 18.2 Å². The van der Waals surface area contributed by atoms with Crippen molar-refractivity contribution in [2.45, 2.75) is 11.4 Å². The predicted molar refractivity (Wildman–Crippen MR) is 109 cm³/mol. The van der Waals surface area contributed by atoms with Gasteiger partial charge in [-0.25, -0.2) is 12.7 Å². The van der Waals surface area contributed by atoms with E-state index in [-0.39, 0.29) is 4.90 Å².